The summed E-state index contributed by atoms with van der Waals surface area (Å²) in [4.78, 5) is 0. The van der Waals surface area contributed by atoms with Crippen LogP contribution in [-0.2, 0) is 0 Å². The monoisotopic (exact) mass is 372 g/mol. The minimum absolute atomic E-state index is 0. The second kappa shape index (κ2) is 21.0. The number of hydrogen-bond acceptors (Lipinski definition) is 0. The molecule has 26 heavy (non-hydrogen) atoms. The maximum Gasteiger partial charge on any atom is -0.0257 e. The van der Waals surface area contributed by atoms with E-state index in [0.717, 1.165) is 23.7 Å². The highest BCUT2D eigenvalue weighted by atomic mass is 19.0. The first-order valence-corrected chi connectivity index (χ1v) is 11.6. The molecule has 0 nitrogen and oxygen atoms in total. The minimum Gasteiger partial charge on any atom is -0.269 e. The third-order valence-corrected chi connectivity index (χ3v) is 5.12. The van der Waals surface area contributed by atoms with Crippen molar-refractivity contribution in [3.05, 3.63) is 11.6 Å². The van der Waals surface area contributed by atoms with E-state index in [-0.39, 0.29) is 4.70 Å². The quantitative estimate of drug-likeness (QED) is 0.279. The molecule has 0 aliphatic heterocycles. The van der Waals surface area contributed by atoms with Crippen LogP contribution in [0.25, 0.3) is 0 Å². The Morgan fingerprint density at radius 2 is 1.58 bits per heavy atom. The predicted octanol–water partition coefficient (Wildman–Crippen LogP) is 9.60. The van der Waals surface area contributed by atoms with Gasteiger partial charge in [-0.05, 0) is 49.9 Å². The molecule has 0 spiro atoms. The molecule has 1 rings (SSSR count). The van der Waals surface area contributed by atoms with Gasteiger partial charge in [-0.1, -0.05) is 112 Å². The summed E-state index contributed by atoms with van der Waals surface area (Å²) in [6, 6.07) is 0. The van der Waals surface area contributed by atoms with Crippen LogP contribution in [0.5, 0.6) is 0 Å². The summed E-state index contributed by atoms with van der Waals surface area (Å²) >= 11 is 0. The molecule has 3 atom stereocenters. The van der Waals surface area contributed by atoms with E-state index >= 15 is 0 Å². The van der Waals surface area contributed by atoms with Gasteiger partial charge in [-0.2, -0.15) is 0 Å². The molecular formula is C25H53F. The summed E-state index contributed by atoms with van der Waals surface area (Å²) in [7, 11) is 0. The van der Waals surface area contributed by atoms with Gasteiger partial charge in [-0.25, -0.2) is 0 Å². The first-order chi connectivity index (χ1) is 11.9. The van der Waals surface area contributed by atoms with Crippen molar-refractivity contribution >= 4 is 0 Å². The number of rotatable bonds is 9. The van der Waals surface area contributed by atoms with Crippen LogP contribution in [0.1, 0.15) is 127 Å². The molecule has 160 valence electrons. The van der Waals surface area contributed by atoms with E-state index in [1.54, 1.807) is 5.57 Å². The highest BCUT2D eigenvalue weighted by molar-refractivity contribution is 5.05. The van der Waals surface area contributed by atoms with Gasteiger partial charge in [0.05, 0.1) is 0 Å². The third-order valence-electron chi connectivity index (χ3n) is 5.12. The Morgan fingerprint density at radius 1 is 0.962 bits per heavy atom. The molecule has 2 unspecified atom stereocenters. The van der Waals surface area contributed by atoms with Gasteiger partial charge in [0.2, 0.25) is 0 Å². The van der Waals surface area contributed by atoms with Crippen LogP contribution < -0.4 is 0 Å². The SMILES string of the molecule is CC.CCCCCC(C)C.CCC[C@H](C)CCC1CC(C)=CC(C)C1.F. The smallest absolute Gasteiger partial charge is 0.0257 e. The topological polar surface area (TPSA) is 0 Å². The number of halogens is 1. The number of allylic oxidation sites excluding steroid dienone is 2. The summed E-state index contributed by atoms with van der Waals surface area (Å²) in [6.45, 7) is 20.2. The van der Waals surface area contributed by atoms with Crippen molar-refractivity contribution in [2.24, 2.45) is 23.7 Å². The highest BCUT2D eigenvalue weighted by Gasteiger charge is 2.18. The van der Waals surface area contributed by atoms with Crippen LogP contribution in [0.2, 0.25) is 0 Å². The van der Waals surface area contributed by atoms with Crippen molar-refractivity contribution in [3.63, 3.8) is 0 Å². The van der Waals surface area contributed by atoms with Crippen molar-refractivity contribution in [2.45, 2.75) is 127 Å². The molecular weight excluding hydrogens is 319 g/mol. The summed E-state index contributed by atoms with van der Waals surface area (Å²) in [6.07, 6.45) is 16.5. The van der Waals surface area contributed by atoms with E-state index < -0.39 is 0 Å². The molecule has 0 aromatic heterocycles. The molecule has 0 heterocycles. The Hall–Kier alpha value is -0.330. The van der Waals surface area contributed by atoms with E-state index in [0.29, 0.717) is 0 Å². The van der Waals surface area contributed by atoms with Crippen LogP contribution in [0.15, 0.2) is 11.6 Å². The van der Waals surface area contributed by atoms with Crippen LogP contribution in [0, 0.1) is 23.7 Å². The Morgan fingerprint density at radius 3 is 2.04 bits per heavy atom. The molecule has 0 aromatic rings. The normalized spacial score (nSPS) is 20.0. The maximum atomic E-state index is 2.46. The third kappa shape index (κ3) is 20.0. The molecule has 1 heteroatoms. The predicted molar refractivity (Wildman–Crippen MR) is 122 cm³/mol. The molecule has 0 fully saturated rings. The van der Waals surface area contributed by atoms with Gasteiger partial charge in [-0.15, -0.1) is 0 Å². The molecule has 1 aliphatic rings. The Balaban J connectivity index is -0.000000413. The zero-order chi connectivity index (χ0) is 19.7. The molecule has 0 N–H and O–H groups in total. The lowest BCUT2D eigenvalue weighted by atomic mass is 9.80. The zero-order valence-corrected chi connectivity index (χ0v) is 19.9. The Kier molecular flexibility index (Phi) is 24.5. The summed E-state index contributed by atoms with van der Waals surface area (Å²) in [5.41, 5.74) is 1.63. The van der Waals surface area contributed by atoms with Crippen molar-refractivity contribution in [1.82, 2.24) is 0 Å². The summed E-state index contributed by atoms with van der Waals surface area (Å²) in [5, 5.41) is 0. The largest absolute Gasteiger partial charge is 0.269 e. The number of hydrogen-bond donors (Lipinski definition) is 0. The second-order valence-corrected chi connectivity index (χ2v) is 8.66. The number of unbranched alkanes of at least 4 members (excludes halogenated alkanes) is 2. The average molecular weight is 373 g/mol. The van der Waals surface area contributed by atoms with Crippen molar-refractivity contribution < 1.29 is 4.70 Å². The molecule has 0 amide bonds. The van der Waals surface area contributed by atoms with Gasteiger partial charge < -0.3 is 0 Å². The van der Waals surface area contributed by atoms with Crippen LogP contribution in [-0.4, -0.2) is 0 Å². The van der Waals surface area contributed by atoms with Crippen LogP contribution >= 0.6 is 0 Å². The molecule has 0 radical (unpaired) electrons. The fourth-order valence-corrected chi connectivity index (χ4v) is 3.87. The summed E-state index contributed by atoms with van der Waals surface area (Å²) < 4.78 is 0. The first-order valence-electron chi connectivity index (χ1n) is 11.6. The molecule has 0 aromatic carbocycles. The van der Waals surface area contributed by atoms with Crippen LogP contribution in [0.4, 0.5) is 4.70 Å². The highest BCUT2D eigenvalue weighted by Crippen LogP contribution is 2.32. The fraction of sp³-hybridized carbons (Fsp3) is 0.920. The van der Waals surface area contributed by atoms with Crippen LogP contribution in [0.3, 0.4) is 0 Å². The molecule has 1 aliphatic carbocycles. The van der Waals surface area contributed by atoms with Gasteiger partial charge in [-0.3, -0.25) is 4.70 Å². The van der Waals surface area contributed by atoms with Gasteiger partial charge in [0, 0.05) is 0 Å². The van der Waals surface area contributed by atoms with Gasteiger partial charge in [0.15, 0.2) is 0 Å². The van der Waals surface area contributed by atoms with Crippen molar-refractivity contribution in [3.8, 4) is 0 Å². The minimum atomic E-state index is 0. The van der Waals surface area contributed by atoms with Gasteiger partial charge >= 0.3 is 0 Å². The molecule has 0 bridgehead atoms. The second-order valence-electron chi connectivity index (χ2n) is 8.66. The van der Waals surface area contributed by atoms with E-state index in [1.165, 1.54) is 64.2 Å². The Labute approximate surface area is 167 Å². The summed E-state index contributed by atoms with van der Waals surface area (Å²) in [5.74, 6) is 3.65. The zero-order valence-electron chi connectivity index (χ0n) is 19.9. The van der Waals surface area contributed by atoms with E-state index in [4.69, 9.17) is 0 Å². The Bertz CT molecular complexity index is 293. The fourth-order valence-electron chi connectivity index (χ4n) is 3.87. The van der Waals surface area contributed by atoms with E-state index in [9.17, 15) is 0 Å². The molecule has 0 saturated carbocycles. The first kappa shape index (κ1) is 30.4. The van der Waals surface area contributed by atoms with Crippen molar-refractivity contribution in [2.75, 3.05) is 0 Å². The maximum absolute atomic E-state index is 2.46. The van der Waals surface area contributed by atoms with Crippen molar-refractivity contribution in [1.29, 1.82) is 0 Å². The standard InChI is InChI=1S/C15H28.C8H18.C2H6.FH/c1-5-6-12(2)7-8-15-10-13(3)9-14(4)11-15;1-4-5-6-7-8(2)3;1-2;/h9,12-13,15H,5-8,10-11H2,1-4H3;8H,4-7H2,1-3H3;1-2H3;1H/t12-,13?,15?;;;/m0.../s1. The van der Waals surface area contributed by atoms with E-state index in [2.05, 4.69) is 54.5 Å². The lowest BCUT2D eigenvalue weighted by Crippen LogP contribution is -2.12. The van der Waals surface area contributed by atoms with Gasteiger partial charge in [0.25, 0.3) is 0 Å². The lowest BCUT2D eigenvalue weighted by Gasteiger charge is -2.26. The average Bonchev–Trinajstić information content (AvgIpc) is 2.55. The van der Waals surface area contributed by atoms with Gasteiger partial charge in [0.1, 0.15) is 0 Å². The van der Waals surface area contributed by atoms with E-state index in [1.807, 2.05) is 13.8 Å². The lowest BCUT2D eigenvalue weighted by molar-refractivity contribution is 0.337. The molecule has 0 saturated heterocycles.